The minimum Gasteiger partial charge on any atom is -0.381 e. The molecule has 2 aliphatic heterocycles. The van der Waals surface area contributed by atoms with Gasteiger partial charge in [0.05, 0.1) is 47.3 Å². The maximum absolute atomic E-state index is 13.7. The molecule has 0 radical (unpaired) electrons. The Balaban J connectivity index is 1.38. The second kappa shape index (κ2) is 8.96. The minimum atomic E-state index is -0.345. The average molecular weight is 488 g/mol. The average Bonchev–Trinajstić information content (AvgIpc) is 3.60. The van der Waals surface area contributed by atoms with Gasteiger partial charge in [-0.3, -0.25) is 14.2 Å². The van der Waals surface area contributed by atoms with Crippen molar-refractivity contribution in [2.45, 2.75) is 25.4 Å². The number of nitrogens with one attached hydrogen (secondary N) is 2. The molecule has 1 fully saturated rings. The third-order valence-corrected chi connectivity index (χ3v) is 6.64. The summed E-state index contributed by atoms with van der Waals surface area (Å²) < 4.78 is 21.0. The molecule has 1 saturated heterocycles. The summed E-state index contributed by atoms with van der Waals surface area (Å²) in [5, 5.41) is 6.26. The summed E-state index contributed by atoms with van der Waals surface area (Å²) in [4.78, 5) is 28.9. The number of carbonyl (C=O) groups excluding carboxylic acids is 1. The number of carbonyl (C=O) groups is 1. The summed E-state index contributed by atoms with van der Waals surface area (Å²) in [6, 6.07) is 6.60. The number of hydrogen-bond donors (Lipinski definition) is 2. The van der Waals surface area contributed by atoms with Crippen molar-refractivity contribution in [1.29, 1.82) is 0 Å². The van der Waals surface area contributed by atoms with Crippen molar-refractivity contribution in [2.75, 3.05) is 32.6 Å². The second-order valence-corrected chi connectivity index (χ2v) is 9.42. The van der Waals surface area contributed by atoms with E-state index in [2.05, 4.69) is 20.5 Å². The van der Waals surface area contributed by atoms with E-state index in [0.717, 1.165) is 41.2 Å². The zero-order valence-corrected chi connectivity index (χ0v) is 20.1. The Hall–Kier alpha value is -3.89. The molecule has 10 heteroatoms. The molecule has 0 spiro atoms. The molecular weight excluding hydrogens is 461 g/mol. The molecule has 0 aliphatic carbocycles. The molecule has 9 nitrogen and oxygen atoms in total. The maximum atomic E-state index is 13.7. The van der Waals surface area contributed by atoms with E-state index in [1.54, 1.807) is 18.6 Å². The van der Waals surface area contributed by atoms with E-state index in [4.69, 9.17) is 14.7 Å². The number of pyridine rings is 1. The van der Waals surface area contributed by atoms with Gasteiger partial charge in [-0.2, -0.15) is 0 Å². The third-order valence-electron chi connectivity index (χ3n) is 6.64. The third kappa shape index (κ3) is 3.98. The first kappa shape index (κ1) is 22.6. The van der Waals surface area contributed by atoms with E-state index in [9.17, 15) is 9.18 Å². The normalized spacial score (nSPS) is 17.1. The molecule has 4 aromatic rings. The Labute approximate surface area is 207 Å². The molecule has 2 aliphatic rings. The summed E-state index contributed by atoms with van der Waals surface area (Å²) >= 11 is 0. The van der Waals surface area contributed by atoms with Crippen LogP contribution in [0.2, 0.25) is 0 Å². The molecular formula is C26H26FN7O2. The van der Waals surface area contributed by atoms with Crippen LogP contribution in [0.15, 0.2) is 42.9 Å². The number of aromatic nitrogens is 4. The Morgan fingerprint density at radius 2 is 2.14 bits per heavy atom. The van der Waals surface area contributed by atoms with E-state index < -0.39 is 0 Å². The molecule has 6 rings (SSSR count). The largest absolute Gasteiger partial charge is 0.381 e. The highest BCUT2D eigenvalue weighted by Crippen LogP contribution is 2.36. The van der Waals surface area contributed by atoms with Crippen LogP contribution in [0.25, 0.3) is 16.9 Å². The smallest absolute Gasteiger partial charge is 0.254 e. The number of fused-ring (bicyclic) bond motifs is 2. The van der Waals surface area contributed by atoms with Crippen LogP contribution >= 0.6 is 0 Å². The van der Waals surface area contributed by atoms with E-state index in [1.165, 1.54) is 12.1 Å². The van der Waals surface area contributed by atoms with Crippen molar-refractivity contribution >= 4 is 23.1 Å². The molecule has 2 N–H and O–H groups in total. The number of anilines is 2. The quantitative estimate of drug-likeness (QED) is 0.430. The van der Waals surface area contributed by atoms with E-state index in [-0.39, 0.29) is 17.6 Å². The first-order chi connectivity index (χ1) is 17.5. The molecule has 1 amide bonds. The van der Waals surface area contributed by atoms with Crippen LogP contribution in [0, 0.1) is 5.82 Å². The zero-order valence-electron chi connectivity index (χ0n) is 20.1. The van der Waals surface area contributed by atoms with Crippen LogP contribution in [0.4, 0.5) is 15.9 Å². The van der Waals surface area contributed by atoms with Gasteiger partial charge in [0, 0.05) is 43.4 Å². The summed E-state index contributed by atoms with van der Waals surface area (Å²) in [6.45, 7) is 2.45. The van der Waals surface area contributed by atoms with Crippen molar-refractivity contribution in [3.05, 3.63) is 71.2 Å². The van der Waals surface area contributed by atoms with Gasteiger partial charge >= 0.3 is 0 Å². The van der Waals surface area contributed by atoms with Crippen LogP contribution in [0.5, 0.6) is 0 Å². The number of ether oxygens (including phenoxy) is 1. The maximum Gasteiger partial charge on any atom is 0.254 e. The van der Waals surface area contributed by atoms with Crippen LogP contribution in [0.1, 0.15) is 39.6 Å². The monoisotopic (exact) mass is 487 g/mol. The van der Waals surface area contributed by atoms with Gasteiger partial charge in [0.25, 0.3) is 5.91 Å². The number of nitrogens with zero attached hydrogens (tertiary/aromatic N) is 5. The molecule has 184 valence electrons. The summed E-state index contributed by atoms with van der Waals surface area (Å²) in [5.74, 6) is 0.321. The fourth-order valence-electron chi connectivity index (χ4n) is 4.99. The second-order valence-electron chi connectivity index (χ2n) is 9.42. The lowest BCUT2D eigenvalue weighted by atomic mass is 9.99. The lowest BCUT2D eigenvalue weighted by Crippen LogP contribution is -2.18. The highest BCUT2D eigenvalue weighted by atomic mass is 19.1. The van der Waals surface area contributed by atoms with Crippen molar-refractivity contribution in [2.24, 2.45) is 0 Å². The Morgan fingerprint density at radius 3 is 2.94 bits per heavy atom. The lowest BCUT2D eigenvalue weighted by molar-refractivity contribution is 0.0966. The van der Waals surface area contributed by atoms with Crippen LogP contribution < -0.4 is 10.6 Å². The molecule has 36 heavy (non-hydrogen) atoms. The predicted molar refractivity (Wildman–Crippen MR) is 133 cm³/mol. The van der Waals surface area contributed by atoms with E-state index in [0.29, 0.717) is 42.4 Å². The first-order valence-electron chi connectivity index (χ1n) is 11.9. The molecule has 1 atom stereocenters. The van der Waals surface area contributed by atoms with Crippen molar-refractivity contribution in [1.82, 2.24) is 29.6 Å². The fourth-order valence-corrected chi connectivity index (χ4v) is 4.99. The fraction of sp³-hybridized carbons (Fsp3) is 0.308. The van der Waals surface area contributed by atoms with E-state index in [1.807, 2.05) is 30.6 Å². The van der Waals surface area contributed by atoms with Crippen molar-refractivity contribution < 1.29 is 13.9 Å². The summed E-state index contributed by atoms with van der Waals surface area (Å²) in [7, 11) is 4.00. The number of hydrogen-bond acceptors (Lipinski definition) is 7. The highest BCUT2D eigenvalue weighted by Gasteiger charge is 2.28. The topological polar surface area (TPSA) is 96.7 Å². The Morgan fingerprint density at radius 1 is 1.25 bits per heavy atom. The van der Waals surface area contributed by atoms with Gasteiger partial charge in [-0.25, -0.2) is 14.4 Å². The number of halogens is 1. The molecule has 0 saturated carbocycles. The van der Waals surface area contributed by atoms with Gasteiger partial charge in [-0.15, -0.1) is 0 Å². The number of benzene rings is 1. The molecule has 1 unspecified atom stereocenters. The number of rotatable bonds is 6. The first-order valence-corrected chi connectivity index (χ1v) is 11.9. The summed E-state index contributed by atoms with van der Waals surface area (Å²) in [6.07, 6.45) is 6.01. The molecule has 3 aromatic heterocycles. The Kier molecular flexibility index (Phi) is 5.62. The van der Waals surface area contributed by atoms with Crippen LogP contribution in [-0.4, -0.2) is 57.5 Å². The molecule has 1 aromatic carbocycles. The van der Waals surface area contributed by atoms with Gasteiger partial charge in [0.2, 0.25) is 0 Å². The van der Waals surface area contributed by atoms with Gasteiger partial charge < -0.3 is 20.3 Å². The summed E-state index contributed by atoms with van der Waals surface area (Å²) in [5.41, 5.74) is 6.11. The SMILES string of the molecule is CN(C)Cc1nc(Nc2ccc(-c3cnc4cc(F)ccn34)c3c2C(=O)NC3)cnc1C1CCOC1. The Bertz CT molecular complexity index is 1480. The highest BCUT2D eigenvalue weighted by molar-refractivity contribution is 6.06. The van der Waals surface area contributed by atoms with Gasteiger partial charge in [-0.1, -0.05) is 6.07 Å². The van der Waals surface area contributed by atoms with Gasteiger partial charge in [0.1, 0.15) is 17.3 Å². The molecule has 0 bridgehead atoms. The van der Waals surface area contributed by atoms with E-state index >= 15 is 0 Å². The van der Waals surface area contributed by atoms with Gasteiger partial charge in [-0.05, 0) is 38.2 Å². The van der Waals surface area contributed by atoms with Crippen LogP contribution in [0.3, 0.4) is 0 Å². The minimum absolute atomic E-state index is 0.157. The number of amides is 1. The zero-order chi connectivity index (χ0) is 24.8. The van der Waals surface area contributed by atoms with Gasteiger partial charge in [0.15, 0.2) is 0 Å². The lowest BCUT2D eigenvalue weighted by Gasteiger charge is -2.18. The standard InChI is InChI=1S/C26H26FN7O2/c1-33(2)13-20-25(15-6-8-36-14-15)29-12-22(32-20)31-19-4-3-17(18-10-30-26(35)24(18)19)21-11-28-23-9-16(27)5-7-34(21)23/h3-5,7,9,11-12,15H,6,8,10,13-14H2,1-2H3,(H,30,35)(H,31,32). The molecule has 5 heterocycles. The van der Waals surface area contributed by atoms with Crippen molar-refractivity contribution in [3.63, 3.8) is 0 Å². The van der Waals surface area contributed by atoms with Crippen molar-refractivity contribution in [3.8, 4) is 11.3 Å². The van der Waals surface area contributed by atoms with Crippen LogP contribution in [-0.2, 0) is 17.8 Å². The number of imidazole rings is 1. The predicted octanol–water partition coefficient (Wildman–Crippen LogP) is 3.48.